The molecule has 34 heavy (non-hydrogen) atoms. The summed E-state index contributed by atoms with van der Waals surface area (Å²) in [5.41, 5.74) is 12.3. The molecule has 1 aliphatic carbocycles. The average Bonchev–Trinajstić information content (AvgIpc) is 3.24. The summed E-state index contributed by atoms with van der Waals surface area (Å²) in [6.07, 6.45) is 8.62. The largest absolute Gasteiger partial charge is 0.507 e. The van der Waals surface area contributed by atoms with Crippen molar-refractivity contribution in [2.24, 2.45) is 5.92 Å². The number of rotatable bonds is 4. The molecule has 0 bridgehead atoms. The van der Waals surface area contributed by atoms with E-state index in [2.05, 4.69) is 44.0 Å². The normalized spacial score (nSPS) is 27.8. The summed E-state index contributed by atoms with van der Waals surface area (Å²) in [7, 11) is 0. The van der Waals surface area contributed by atoms with Crippen LogP contribution in [0.4, 0.5) is 5.82 Å². The topological polar surface area (TPSA) is 78.6 Å². The lowest BCUT2D eigenvalue weighted by Crippen LogP contribution is -2.47. The van der Waals surface area contributed by atoms with Crippen LogP contribution in [0, 0.1) is 5.92 Å². The maximum absolute atomic E-state index is 10.4. The van der Waals surface area contributed by atoms with Gasteiger partial charge in [0.15, 0.2) is 0 Å². The summed E-state index contributed by atoms with van der Waals surface area (Å²) in [4.78, 5) is 9.07. The van der Waals surface area contributed by atoms with Crippen molar-refractivity contribution in [3.8, 4) is 5.75 Å². The monoisotopic (exact) mass is 462 g/mol. The third-order valence-electron chi connectivity index (χ3n) is 8.51. The maximum Gasteiger partial charge on any atom is 0.130 e. The minimum absolute atomic E-state index is 0.295. The lowest BCUT2D eigenvalue weighted by molar-refractivity contribution is 0.0797. The fourth-order valence-electron chi connectivity index (χ4n) is 6.68. The van der Waals surface area contributed by atoms with Gasteiger partial charge >= 0.3 is 0 Å². The first kappa shape index (κ1) is 22.0. The highest BCUT2D eigenvalue weighted by molar-refractivity contribution is 5.90. The van der Waals surface area contributed by atoms with Gasteiger partial charge in [0.2, 0.25) is 0 Å². The molecule has 3 aliphatic heterocycles. The number of hydrogen-bond acceptors (Lipinski definition) is 6. The van der Waals surface area contributed by atoms with Gasteiger partial charge in [-0.3, -0.25) is 15.8 Å². The van der Waals surface area contributed by atoms with Gasteiger partial charge in [-0.1, -0.05) is 12.1 Å². The molecule has 7 heteroatoms. The number of hydrazine groups is 1. The molecule has 2 aromatic rings. The Morgan fingerprint density at radius 3 is 2.59 bits per heavy atom. The van der Waals surface area contributed by atoms with Crippen molar-refractivity contribution in [2.75, 3.05) is 44.7 Å². The zero-order chi connectivity index (χ0) is 23.1. The fourth-order valence-corrected chi connectivity index (χ4v) is 6.68. The first-order chi connectivity index (χ1) is 16.7. The van der Waals surface area contributed by atoms with Crippen molar-refractivity contribution in [3.05, 3.63) is 46.6 Å². The number of H-pyrrole nitrogens is 1. The van der Waals surface area contributed by atoms with Gasteiger partial charge in [0, 0.05) is 74.6 Å². The van der Waals surface area contributed by atoms with E-state index in [4.69, 9.17) is 0 Å². The van der Waals surface area contributed by atoms with Crippen LogP contribution >= 0.6 is 0 Å². The predicted octanol–water partition coefficient (Wildman–Crippen LogP) is 3.53. The Morgan fingerprint density at radius 2 is 1.79 bits per heavy atom. The van der Waals surface area contributed by atoms with Crippen LogP contribution in [-0.4, -0.2) is 65.2 Å². The number of nitrogens with zero attached hydrogens (tertiary/aromatic N) is 2. The van der Waals surface area contributed by atoms with Crippen molar-refractivity contribution in [2.45, 2.75) is 51.1 Å². The Kier molecular flexibility index (Phi) is 6.01. The highest BCUT2D eigenvalue weighted by Crippen LogP contribution is 2.42. The molecule has 2 fully saturated rings. The van der Waals surface area contributed by atoms with Crippen LogP contribution in [0.5, 0.6) is 5.75 Å². The van der Waals surface area contributed by atoms with Crippen LogP contribution in [0.2, 0.25) is 0 Å². The lowest BCUT2D eigenvalue weighted by Gasteiger charge is -2.43. The third kappa shape index (κ3) is 4.10. The molecule has 5 N–H and O–H groups in total. The average molecular weight is 463 g/mol. The zero-order valence-electron chi connectivity index (χ0n) is 20.2. The van der Waals surface area contributed by atoms with E-state index >= 15 is 0 Å². The van der Waals surface area contributed by atoms with Crippen LogP contribution in [-0.2, 0) is 6.42 Å². The van der Waals surface area contributed by atoms with Gasteiger partial charge < -0.3 is 20.3 Å². The molecular weight excluding hydrogens is 424 g/mol. The quantitative estimate of drug-likeness (QED) is 0.479. The van der Waals surface area contributed by atoms with Crippen LogP contribution in [0.1, 0.15) is 61.0 Å². The van der Waals surface area contributed by atoms with Gasteiger partial charge in [-0.05, 0) is 62.3 Å². The summed E-state index contributed by atoms with van der Waals surface area (Å²) in [5, 5.41) is 13.8. The van der Waals surface area contributed by atoms with Crippen LogP contribution in [0.15, 0.2) is 24.3 Å². The summed E-state index contributed by atoms with van der Waals surface area (Å²) in [6, 6.07) is 8.59. The van der Waals surface area contributed by atoms with Crippen LogP contribution in [0.25, 0.3) is 11.8 Å². The predicted molar refractivity (Wildman–Crippen MR) is 137 cm³/mol. The van der Waals surface area contributed by atoms with E-state index in [1.54, 1.807) is 6.07 Å². The first-order valence-corrected chi connectivity index (χ1v) is 13.1. The van der Waals surface area contributed by atoms with Gasteiger partial charge in [0.1, 0.15) is 11.6 Å². The number of aromatic hydroxyl groups is 1. The molecule has 1 saturated carbocycles. The smallest absolute Gasteiger partial charge is 0.130 e. The van der Waals surface area contributed by atoms with E-state index < -0.39 is 0 Å². The second-order valence-corrected chi connectivity index (χ2v) is 10.5. The summed E-state index contributed by atoms with van der Waals surface area (Å²) >= 11 is 0. The molecule has 0 radical (unpaired) electrons. The van der Waals surface area contributed by atoms with Crippen LogP contribution < -0.4 is 16.2 Å². The summed E-state index contributed by atoms with van der Waals surface area (Å²) in [6.45, 7) is 9.52. The molecule has 0 amide bonds. The molecule has 7 nitrogen and oxygen atoms in total. The number of benzene rings is 1. The first-order valence-electron chi connectivity index (χ1n) is 13.1. The number of fused-ring (bicyclic) bond motifs is 3. The number of phenols is 1. The fraction of sp³-hybridized carbons (Fsp3) is 0.556. The van der Waals surface area contributed by atoms with Crippen molar-refractivity contribution in [1.29, 1.82) is 0 Å². The molecule has 1 aromatic heterocycles. The highest BCUT2D eigenvalue weighted by Gasteiger charge is 2.36. The standard InChI is InChI=1S/C27H38N6O/c1-18-26-22-16-24(21-4-2-3-5-25(21)34)30-31-27(22)29-23(26)10-13-33(18)20-8-6-19(7-9-20)17-32-14-11-28-12-15-32/h2-5,16,18-20,28-31,34H,6-15,17H2,1H3/t18-,19?,20?/m0/s1. The zero-order valence-corrected chi connectivity index (χ0v) is 20.2. The molecular formula is C27H38N6O. The van der Waals surface area contributed by atoms with E-state index in [0.29, 0.717) is 17.8 Å². The maximum atomic E-state index is 10.4. The Labute approximate surface area is 202 Å². The second kappa shape index (κ2) is 9.29. The number of phenolic OH excluding ortho intramolecular Hbond substituents is 1. The molecule has 182 valence electrons. The molecule has 6 rings (SSSR count). The molecule has 0 spiro atoms. The number of nitrogens with one attached hydrogen (secondary N) is 4. The van der Waals surface area contributed by atoms with Crippen LogP contribution in [0.3, 0.4) is 0 Å². The number of para-hydroxylation sites is 1. The molecule has 4 heterocycles. The Balaban J connectivity index is 1.17. The van der Waals surface area contributed by atoms with Crippen molar-refractivity contribution < 1.29 is 5.11 Å². The minimum atomic E-state index is 0.295. The van der Waals surface area contributed by atoms with Gasteiger partial charge in [-0.2, -0.15) is 0 Å². The third-order valence-corrected chi connectivity index (χ3v) is 8.51. The van der Waals surface area contributed by atoms with E-state index in [1.807, 2.05) is 18.2 Å². The van der Waals surface area contributed by atoms with Gasteiger partial charge in [0.05, 0.1) is 5.70 Å². The van der Waals surface area contributed by atoms with Crippen molar-refractivity contribution in [3.63, 3.8) is 0 Å². The highest BCUT2D eigenvalue weighted by atomic mass is 16.3. The Hall–Kier alpha value is -2.48. The van der Waals surface area contributed by atoms with Crippen molar-refractivity contribution >= 4 is 17.6 Å². The number of aromatic nitrogens is 1. The van der Waals surface area contributed by atoms with Crippen molar-refractivity contribution in [1.82, 2.24) is 25.5 Å². The number of piperazine rings is 1. The Bertz CT molecular complexity index is 1050. The number of hydrogen-bond donors (Lipinski definition) is 5. The Morgan fingerprint density at radius 1 is 1.00 bits per heavy atom. The molecule has 1 atom stereocenters. The van der Waals surface area contributed by atoms with E-state index in [1.165, 1.54) is 62.1 Å². The second-order valence-electron chi connectivity index (χ2n) is 10.5. The van der Waals surface area contributed by atoms with Gasteiger partial charge in [0.25, 0.3) is 0 Å². The van der Waals surface area contributed by atoms with Gasteiger partial charge in [-0.15, -0.1) is 0 Å². The van der Waals surface area contributed by atoms with E-state index in [9.17, 15) is 5.11 Å². The molecule has 1 saturated heterocycles. The molecule has 1 aromatic carbocycles. The van der Waals surface area contributed by atoms with E-state index in [-0.39, 0.29) is 0 Å². The molecule has 4 aliphatic rings. The van der Waals surface area contributed by atoms with Gasteiger partial charge in [-0.25, -0.2) is 0 Å². The SMILES string of the molecule is C[C@H]1c2c([nH]c3c2C=C(c2ccccc2O)NN3)CCN1C1CCC(CN2CCNCC2)CC1. The number of aromatic amines is 1. The lowest BCUT2D eigenvalue weighted by atomic mass is 9.83. The number of anilines is 1. The minimum Gasteiger partial charge on any atom is -0.507 e. The summed E-state index contributed by atoms with van der Waals surface area (Å²) in [5.74, 6) is 2.20. The molecule has 0 unspecified atom stereocenters. The van der Waals surface area contributed by atoms with E-state index in [0.717, 1.165) is 49.1 Å². The summed E-state index contributed by atoms with van der Waals surface area (Å²) < 4.78 is 0.